The third-order valence-electron chi connectivity index (χ3n) is 3.82. The highest BCUT2D eigenvalue weighted by Crippen LogP contribution is 2.30. The van der Waals surface area contributed by atoms with E-state index in [0.29, 0.717) is 12.5 Å². The molecule has 0 aliphatic rings. The maximum absolute atomic E-state index is 12.8. The fraction of sp³-hybridized carbons (Fsp3) is 0.278. The Morgan fingerprint density at radius 3 is 2.36 bits per heavy atom. The predicted octanol–water partition coefficient (Wildman–Crippen LogP) is 2.87. The van der Waals surface area contributed by atoms with E-state index in [4.69, 9.17) is 0 Å². The Labute approximate surface area is 159 Å². The van der Waals surface area contributed by atoms with E-state index < -0.39 is 38.6 Å². The van der Waals surface area contributed by atoms with Crippen LogP contribution in [0.5, 0.6) is 0 Å². The SMILES string of the molecule is CC(NS(=O)(=O)c1cccc(C(F)(F)F)c1)C(=O)NCCc1ccc(F)cc1. The van der Waals surface area contributed by atoms with Crippen LogP contribution < -0.4 is 10.0 Å². The van der Waals surface area contributed by atoms with Crippen molar-refractivity contribution in [3.05, 3.63) is 65.5 Å². The summed E-state index contributed by atoms with van der Waals surface area (Å²) in [5, 5.41) is 2.52. The van der Waals surface area contributed by atoms with Crippen molar-refractivity contribution in [3.63, 3.8) is 0 Å². The van der Waals surface area contributed by atoms with Crippen molar-refractivity contribution < 1.29 is 30.8 Å². The Morgan fingerprint density at radius 2 is 1.75 bits per heavy atom. The number of amides is 1. The summed E-state index contributed by atoms with van der Waals surface area (Å²) < 4.78 is 77.6. The summed E-state index contributed by atoms with van der Waals surface area (Å²) in [6.45, 7) is 1.46. The van der Waals surface area contributed by atoms with Crippen LogP contribution in [0, 0.1) is 5.82 Å². The molecule has 10 heteroatoms. The van der Waals surface area contributed by atoms with Gasteiger partial charge < -0.3 is 5.32 Å². The van der Waals surface area contributed by atoms with Gasteiger partial charge in [0.2, 0.25) is 15.9 Å². The molecule has 2 rings (SSSR count). The number of carbonyl (C=O) groups excluding carboxylic acids is 1. The lowest BCUT2D eigenvalue weighted by Crippen LogP contribution is -2.45. The molecular weight excluding hydrogens is 400 g/mol. The lowest BCUT2D eigenvalue weighted by Gasteiger charge is -2.15. The quantitative estimate of drug-likeness (QED) is 0.679. The molecule has 0 aromatic heterocycles. The molecule has 0 spiro atoms. The van der Waals surface area contributed by atoms with E-state index in [-0.39, 0.29) is 12.4 Å². The molecule has 1 atom stereocenters. The van der Waals surface area contributed by atoms with Gasteiger partial charge >= 0.3 is 6.18 Å². The topological polar surface area (TPSA) is 75.3 Å². The van der Waals surface area contributed by atoms with Crippen LogP contribution in [0.25, 0.3) is 0 Å². The molecule has 5 nitrogen and oxygen atoms in total. The molecule has 1 unspecified atom stereocenters. The van der Waals surface area contributed by atoms with Crippen LogP contribution in [-0.4, -0.2) is 26.9 Å². The summed E-state index contributed by atoms with van der Waals surface area (Å²) in [5.41, 5.74) is -0.328. The van der Waals surface area contributed by atoms with Crippen molar-refractivity contribution in [3.8, 4) is 0 Å². The molecule has 152 valence electrons. The molecule has 0 heterocycles. The van der Waals surface area contributed by atoms with Crippen molar-refractivity contribution in [1.82, 2.24) is 10.0 Å². The largest absolute Gasteiger partial charge is 0.416 e. The first-order chi connectivity index (χ1) is 13.0. The summed E-state index contributed by atoms with van der Waals surface area (Å²) in [6.07, 6.45) is -4.28. The Morgan fingerprint density at radius 1 is 1.11 bits per heavy atom. The maximum atomic E-state index is 12.8. The van der Waals surface area contributed by atoms with Gasteiger partial charge in [0.1, 0.15) is 5.82 Å². The smallest absolute Gasteiger partial charge is 0.354 e. The summed E-state index contributed by atoms with van der Waals surface area (Å²) in [4.78, 5) is 11.5. The van der Waals surface area contributed by atoms with Gasteiger partial charge in [-0.3, -0.25) is 4.79 Å². The zero-order valence-corrected chi connectivity index (χ0v) is 15.6. The number of halogens is 4. The highest BCUT2D eigenvalue weighted by Gasteiger charge is 2.32. The van der Waals surface area contributed by atoms with Gasteiger partial charge in [-0.25, -0.2) is 12.8 Å². The van der Waals surface area contributed by atoms with E-state index in [0.717, 1.165) is 23.8 Å². The molecule has 0 saturated carbocycles. The molecule has 28 heavy (non-hydrogen) atoms. The highest BCUT2D eigenvalue weighted by atomic mass is 32.2. The molecule has 0 fully saturated rings. The van der Waals surface area contributed by atoms with Crippen LogP contribution in [0.1, 0.15) is 18.1 Å². The highest BCUT2D eigenvalue weighted by molar-refractivity contribution is 7.89. The molecule has 2 aromatic rings. The van der Waals surface area contributed by atoms with Gasteiger partial charge in [-0.05, 0) is 49.2 Å². The van der Waals surface area contributed by atoms with E-state index in [9.17, 15) is 30.8 Å². The van der Waals surface area contributed by atoms with Crippen molar-refractivity contribution in [2.45, 2.75) is 30.5 Å². The minimum absolute atomic E-state index is 0.181. The Bertz CT molecular complexity index is 929. The van der Waals surface area contributed by atoms with Gasteiger partial charge in [-0.15, -0.1) is 0 Å². The maximum Gasteiger partial charge on any atom is 0.416 e. The second-order valence-corrected chi connectivity index (χ2v) is 7.75. The lowest BCUT2D eigenvalue weighted by molar-refractivity contribution is -0.137. The summed E-state index contributed by atoms with van der Waals surface area (Å²) >= 11 is 0. The van der Waals surface area contributed by atoms with E-state index in [1.165, 1.54) is 19.1 Å². The van der Waals surface area contributed by atoms with E-state index >= 15 is 0 Å². The van der Waals surface area contributed by atoms with Crippen LogP contribution in [0.2, 0.25) is 0 Å². The number of sulfonamides is 1. The van der Waals surface area contributed by atoms with Crippen LogP contribution in [-0.2, 0) is 27.4 Å². The van der Waals surface area contributed by atoms with E-state index in [1.54, 1.807) is 12.1 Å². The summed E-state index contributed by atoms with van der Waals surface area (Å²) in [7, 11) is -4.32. The monoisotopic (exact) mass is 418 g/mol. The molecule has 2 N–H and O–H groups in total. The number of hydrogen-bond acceptors (Lipinski definition) is 3. The average molecular weight is 418 g/mol. The van der Waals surface area contributed by atoms with Crippen molar-refractivity contribution >= 4 is 15.9 Å². The van der Waals surface area contributed by atoms with E-state index in [2.05, 4.69) is 10.0 Å². The summed E-state index contributed by atoms with van der Waals surface area (Å²) in [6, 6.07) is 7.72. The van der Waals surface area contributed by atoms with Crippen molar-refractivity contribution in [1.29, 1.82) is 0 Å². The number of rotatable bonds is 7. The third kappa shape index (κ3) is 6.03. The number of carbonyl (C=O) groups is 1. The lowest BCUT2D eigenvalue weighted by atomic mass is 10.1. The number of nitrogens with one attached hydrogen (secondary N) is 2. The minimum Gasteiger partial charge on any atom is -0.354 e. The average Bonchev–Trinajstić information content (AvgIpc) is 2.62. The summed E-state index contributed by atoms with van der Waals surface area (Å²) in [5.74, 6) is -1.02. The molecule has 0 aliphatic carbocycles. The van der Waals surface area contributed by atoms with E-state index in [1.807, 2.05) is 0 Å². The zero-order chi connectivity index (χ0) is 20.9. The van der Waals surface area contributed by atoms with Gasteiger partial charge in [0.05, 0.1) is 16.5 Å². The van der Waals surface area contributed by atoms with Gasteiger partial charge in [0.25, 0.3) is 0 Å². The van der Waals surface area contributed by atoms with Crippen LogP contribution in [0.3, 0.4) is 0 Å². The number of hydrogen-bond donors (Lipinski definition) is 2. The fourth-order valence-electron chi connectivity index (χ4n) is 2.33. The number of alkyl halides is 3. The molecule has 0 saturated heterocycles. The molecule has 0 radical (unpaired) electrons. The van der Waals surface area contributed by atoms with Crippen molar-refractivity contribution in [2.24, 2.45) is 0 Å². The Hall–Kier alpha value is -2.46. The van der Waals surface area contributed by atoms with Crippen LogP contribution in [0.15, 0.2) is 53.4 Å². The molecular formula is C18H18F4N2O3S. The number of benzene rings is 2. The van der Waals surface area contributed by atoms with Gasteiger partial charge in [0.15, 0.2) is 0 Å². The van der Waals surface area contributed by atoms with Gasteiger partial charge in [-0.2, -0.15) is 17.9 Å². The Balaban J connectivity index is 1.95. The predicted molar refractivity (Wildman–Crippen MR) is 94.3 cm³/mol. The molecule has 2 aromatic carbocycles. The Kier molecular flexibility index (Phi) is 6.78. The standard InChI is InChI=1S/C18H18F4N2O3S/c1-12(17(25)23-10-9-13-5-7-15(19)8-6-13)24-28(26,27)16-4-2-3-14(11-16)18(20,21)22/h2-8,11-12,24H,9-10H2,1H3,(H,23,25). The molecule has 1 amide bonds. The first kappa shape index (κ1) is 21.8. The first-order valence-electron chi connectivity index (χ1n) is 8.21. The van der Waals surface area contributed by atoms with Gasteiger partial charge in [-0.1, -0.05) is 18.2 Å². The minimum atomic E-state index is -4.69. The first-order valence-corrected chi connectivity index (χ1v) is 9.69. The normalized spacial score (nSPS) is 13.2. The fourth-order valence-corrected chi connectivity index (χ4v) is 3.58. The molecule has 0 aliphatic heterocycles. The molecule has 0 bridgehead atoms. The second-order valence-electron chi connectivity index (χ2n) is 6.04. The second kappa shape index (κ2) is 8.70. The van der Waals surface area contributed by atoms with Crippen molar-refractivity contribution in [2.75, 3.05) is 6.54 Å². The third-order valence-corrected chi connectivity index (χ3v) is 5.36. The zero-order valence-electron chi connectivity index (χ0n) is 14.8. The van der Waals surface area contributed by atoms with Gasteiger partial charge in [0, 0.05) is 6.54 Å². The van der Waals surface area contributed by atoms with Crippen LogP contribution in [0.4, 0.5) is 17.6 Å². The van der Waals surface area contributed by atoms with Crippen LogP contribution >= 0.6 is 0 Å².